The fourth-order valence-electron chi connectivity index (χ4n) is 2.62. The summed E-state index contributed by atoms with van der Waals surface area (Å²) in [5.74, 6) is 0.785. The van der Waals surface area contributed by atoms with Gasteiger partial charge in [0.25, 0.3) is 0 Å². The van der Waals surface area contributed by atoms with Crippen molar-refractivity contribution in [2.24, 2.45) is 0 Å². The number of rotatable bonds is 6. The molecule has 1 fully saturated rings. The molecular formula is C19H23ClN2O3. The average Bonchev–Trinajstić information content (AvgIpc) is 2.63. The van der Waals surface area contributed by atoms with Crippen molar-refractivity contribution in [3.05, 3.63) is 60.2 Å². The molecule has 134 valence electrons. The minimum absolute atomic E-state index is 0. The van der Waals surface area contributed by atoms with E-state index in [4.69, 9.17) is 9.47 Å². The van der Waals surface area contributed by atoms with Gasteiger partial charge in [-0.15, -0.1) is 12.4 Å². The first-order valence-electron chi connectivity index (χ1n) is 8.18. The monoisotopic (exact) mass is 362 g/mol. The van der Waals surface area contributed by atoms with Crippen LogP contribution in [-0.2, 0) is 16.1 Å². The Morgan fingerprint density at radius 3 is 2.68 bits per heavy atom. The molecule has 1 amide bonds. The molecule has 0 saturated carbocycles. The molecule has 0 aromatic heterocycles. The quantitative estimate of drug-likeness (QED) is 0.829. The zero-order valence-corrected chi connectivity index (χ0v) is 14.8. The molecule has 1 aliphatic heterocycles. The average molecular weight is 363 g/mol. The summed E-state index contributed by atoms with van der Waals surface area (Å²) in [5, 5.41) is 6.27. The molecule has 6 heteroatoms. The largest absolute Gasteiger partial charge is 0.489 e. The first-order chi connectivity index (χ1) is 11.8. The van der Waals surface area contributed by atoms with Gasteiger partial charge in [0.05, 0.1) is 13.2 Å². The van der Waals surface area contributed by atoms with E-state index in [1.54, 1.807) is 0 Å². The van der Waals surface area contributed by atoms with E-state index >= 15 is 0 Å². The molecule has 2 N–H and O–H groups in total. The summed E-state index contributed by atoms with van der Waals surface area (Å²) in [4.78, 5) is 12.3. The molecule has 0 radical (unpaired) electrons. The summed E-state index contributed by atoms with van der Waals surface area (Å²) < 4.78 is 11.2. The van der Waals surface area contributed by atoms with Gasteiger partial charge in [-0.25, -0.2) is 0 Å². The van der Waals surface area contributed by atoms with Gasteiger partial charge in [-0.1, -0.05) is 36.4 Å². The molecule has 5 nitrogen and oxygen atoms in total. The Morgan fingerprint density at radius 1 is 1.16 bits per heavy atom. The van der Waals surface area contributed by atoms with Crippen LogP contribution in [0.4, 0.5) is 5.69 Å². The highest BCUT2D eigenvalue weighted by Crippen LogP contribution is 2.19. The van der Waals surface area contributed by atoms with E-state index < -0.39 is 0 Å². The second-order valence-corrected chi connectivity index (χ2v) is 5.74. The van der Waals surface area contributed by atoms with Crippen LogP contribution in [0.1, 0.15) is 12.0 Å². The maximum absolute atomic E-state index is 12.3. The van der Waals surface area contributed by atoms with Crippen LogP contribution in [0.5, 0.6) is 5.75 Å². The second kappa shape index (κ2) is 10.0. The van der Waals surface area contributed by atoms with Crippen LogP contribution < -0.4 is 15.4 Å². The Bertz CT molecular complexity index is 661. The third kappa shape index (κ3) is 6.05. The number of hydrogen-bond acceptors (Lipinski definition) is 4. The lowest BCUT2D eigenvalue weighted by atomic mass is 10.1. The van der Waals surface area contributed by atoms with Gasteiger partial charge in [0, 0.05) is 30.3 Å². The summed E-state index contributed by atoms with van der Waals surface area (Å²) in [6, 6.07) is 17.4. The molecule has 1 unspecified atom stereocenters. The molecule has 25 heavy (non-hydrogen) atoms. The molecule has 1 atom stereocenters. The van der Waals surface area contributed by atoms with Crippen molar-refractivity contribution >= 4 is 24.0 Å². The van der Waals surface area contributed by atoms with E-state index in [-0.39, 0.29) is 24.4 Å². The van der Waals surface area contributed by atoms with Gasteiger partial charge in [0.1, 0.15) is 12.4 Å². The van der Waals surface area contributed by atoms with E-state index in [0.717, 1.165) is 23.5 Å². The molecule has 2 aromatic rings. The van der Waals surface area contributed by atoms with E-state index in [1.165, 1.54) is 0 Å². The minimum atomic E-state index is -0.0230. The number of para-hydroxylation sites is 2. The Kier molecular flexibility index (Phi) is 7.73. The Morgan fingerprint density at radius 2 is 1.92 bits per heavy atom. The van der Waals surface area contributed by atoms with Gasteiger partial charge >= 0.3 is 0 Å². The normalized spacial score (nSPS) is 16.6. The summed E-state index contributed by atoms with van der Waals surface area (Å²) >= 11 is 0. The third-order valence-corrected chi connectivity index (χ3v) is 3.86. The van der Waals surface area contributed by atoms with Gasteiger partial charge in [0.15, 0.2) is 0 Å². The van der Waals surface area contributed by atoms with Gasteiger partial charge in [-0.05, 0) is 18.2 Å². The minimum Gasteiger partial charge on any atom is -0.489 e. The predicted molar refractivity (Wildman–Crippen MR) is 100 cm³/mol. The maximum Gasteiger partial charge on any atom is 0.226 e. The molecule has 0 bridgehead atoms. The van der Waals surface area contributed by atoms with Crippen LogP contribution in [0.25, 0.3) is 0 Å². The van der Waals surface area contributed by atoms with Crippen LogP contribution in [-0.4, -0.2) is 31.7 Å². The fourth-order valence-corrected chi connectivity index (χ4v) is 2.62. The van der Waals surface area contributed by atoms with E-state index in [9.17, 15) is 4.79 Å². The number of hydrogen-bond donors (Lipinski definition) is 2. The fraction of sp³-hybridized carbons (Fsp3) is 0.316. The molecule has 0 spiro atoms. The zero-order chi connectivity index (χ0) is 16.6. The molecule has 1 saturated heterocycles. The number of carbonyl (C=O) groups is 1. The third-order valence-electron chi connectivity index (χ3n) is 3.86. The Labute approximate surface area is 154 Å². The Balaban J connectivity index is 0.00000225. The van der Waals surface area contributed by atoms with Gasteiger partial charge < -0.3 is 20.1 Å². The molecule has 1 heterocycles. The molecule has 0 aliphatic carbocycles. The summed E-state index contributed by atoms with van der Waals surface area (Å²) in [6.45, 7) is 2.48. The van der Waals surface area contributed by atoms with Crippen molar-refractivity contribution in [3.63, 3.8) is 0 Å². The highest BCUT2D eigenvalue weighted by Gasteiger charge is 2.17. The van der Waals surface area contributed by atoms with Crippen LogP contribution in [0, 0.1) is 0 Å². The molecule has 1 aliphatic rings. The predicted octanol–water partition coefficient (Wildman–Crippen LogP) is 3.00. The number of amides is 1. The maximum atomic E-state index is 12.3. The number of ether oxygens (including phenoxy) is 2. The van der Waals surface area contributed by atoms with E-state index in [2.05, 4.69) is 10.6 Å². The van der Waals surface area contributed by atoms with Crippen molar-refractivity contribution in [2.75, 3.05) is 25.1 Å². The van der Waals surface area contributed by atoms with Crippen LogP contribution in [0.15, 0.2) is 54.6 Å². The number of carbonyl (C=O) groups excluding carboxylic acids is 1. The number of halogens is 1. The molecular weight excluding hydrogens is 340 g/mol. The first kappa shape index (κ1) is 19.2. The second-order valence-electron chi connectivity index (χ2n) is 5.74. The summed E-state index contributed by atoms with van der Waals surface area (Å²) in [6.07, 6.45) is 0.397. The van der Waals surface area contributed by atoms with Crippen molar-refractivity contribution in [3.8, 4) is 5.75 Å². The van der Waals surface area contributed by atoms with E-state index in [0.29, 0.717) is 26.2 Å². The van der Waals surface area contributed by atoms with E-state index in [1.807, 2.05) is 54.6 Å². The number of nitrogens with one attached hydrogen (secondary N) is 2. The smallest absolute Gasteiger partial charge is 0.226 e. The first-order valence-corrected chi connectivity index (χ1v) is 8.18. The SMILES string of the molecule is Cl.O=C(CC1COCCN1)Nc1ccccc1COc1ccccc1. The van der Waals surface area contributed by atoms with Gasteiger partial charge in [-0.3, -0.25) is 4.79 Å². The number of anilines is 1. The number of morpholine rings is 1. The standard InChI is InChI=1S/C19H22N2O3.ClH/c22-19(12-16-14-23-11-10-20-16)21-18-9-5-4-6-15(18)13-24-17-7-2-1-3-8-17;/h1-9,16,20H,10-14H2,(H,21,22);1H. The van der Waals surface area contributed by atoms with Gasteiger partial charge in [-0.2, -0.15) is 0 Å². The molecule has 3 rings (SSSR count). The zero-order valence-electron chi connectivity index (χ0n) is 13.9. The highest BCUT2D eigenvalue weighted by molar-refractivity contribution is 5.91. The lowest BCUT2D eigenvalue weighted by Crippen LogP contribution is -2.43. The van der Waals surface area contributed by atoms with Crippen molar-refractivity contribution in [1.29, 1.82) is 0 Å². The van der Waals surface area contributed by atoms with Crippen LogP contribution >= 0.6 is 12.4 Å². The Hall–Kier alpha value is -2.08. The summed E-state index contributed by atoms with van der Waals surface area (Å²) in [7, 11) is 0. The van der Waals surface area contributed by atoms with Gasteiger partial charge in [0.2, 0.25) is 5.91 Å². The number of benzene rings is 2. The highest BCUT2D eigenvalue weighted by atomic mass is 35.5. The lowest BCUT2D eigenvalue weighted by molar-refractivity contribution is -0.117. The summed E-state index contributed by atoms with van der Waals surface area (Å²) in [5.41, 5.74) is 1.73. The lowest BCUT2D eigenvalue weighted by Gasteiger charge is -2.23. The van der Waals surface area contributed by atoms with Crippen LogP contribution in [0.3, 0.4) is 0 Å². The van der Waals surface area contributed by atoms with Crippen LogP contribution in [0.2, 0.25) is 0 Å². The molecule has 2 aromatic carbocycles. The van der Waals surface area contributed by atoms with Crippen molar-refractivity contribution in [2.45, 2.75) is 19.1 Å². The van der Waals surface area contributed by atoms with Crippen molar-refractivity contribution < 1.29 is 14.3 Å². The topological polar surface area (TPSA) is 59.6 Å². The van der Waals surface area contributed by atoms with Crippen molar-refractivity contribution in [1.82, 2.24) is 5.32 Å².